The fourth-order valence-corrected chi connectivity index (χ4v) is 4.31. The first kappa shape index (κ1) is 19.6. The first-order valence-corrected chi connectivity index (χ1v) is 9.73. The Balaban J connectivity index is 1.95. The third-order valence-corrected chi connectivity index (χ3v) is 5.15. The maximum Gasteiger partial charge on any atom is 0.227 e. The molecule has 146 valence electrons. The summed E-state index contributed by atoms with van der Waals surface area (Å²) in [6.45, 7) is 17.6. The number of aryl methyl sites for hydroxylation is 1. The Morgan fingerprint density at radius 1 is 0.923 bits per heavy atom. The lowest BCUT2D eigenvalue weighted by atomic mass is 10.1. The van der Waals surface area contributed by atoms with Gasteiger partial charge in [-0.05, 0) is 48.5 Å². The van der Waals surface area contributed by atoms with Crippen LogP contribution in [-0.2, 0) is 9.47 Å². The lowest BCUT2D eigenvalue weighted by Gasteiger charge is -2.43. The number of hydrogen-bond acceptors (Lipinski definition) is 6. The predicted molar refractivity (Wildman–Crippen MR) is 105 cm³/mol. The number of anilines is 2. The normalized spacial score (nSPS) is 28.3. The van der Waals surface area contributed by atoms with Crippen LogP contribution in [0, 0.1) is 6.92 Å². The van der Waals surface area contributed by atoms with Gasteiger partial charge in [0.05, 0.1) is 29.1 Å². The van der Waals surface area contributed by atoms with E-state index in [2.05, 4.69) is 56.3 Å². The minimum absolute atomic E-state index is 0.121. The van der Waals surface area contributed by atoms with E-state index in [9.17, 15) is 0 Å². The number of aromatic nitrogens is 2. The molecule has 6 nitrogen and oxygen atoms in total. The van der Waals surface area contributed by atoms with Crippen LogP contribution >= 0.6 is 11.6 Å². The van der Waals surface area contributed by atoms with Gasteiger partial charge in [0.1, 0.15) is 5.02 Å². The predicted octanol–water partition coefficient (Wildman–Crippen LogP) is 3.45. The molecule has 2 atom stereocenters. The van der Waals surface area contributed by atoms with Crippen molar-refractivity contribution in [3.05, 3.63) is 10.7 Å². The molecule has 0 bridgehead atoms. The lowest BCUT2D eigenvalue weighted by Crippen LogP contribution is -2.53. The molecule has 0 spiro atoms. The maximum atomic E-state index is 6.61. The Morgan fingerprint density at radius 3 is 1.96 bits per heavy atom. The zero-order chi connectivity index (χ0) is 19.3. The van der Waals surface area contributed by atoms with Crippen molar-refractivity contribution in [3.63, 3.8) is 0 Å². The molecule has 0 N–H and O–H groups in total. The van der Waals surface area contributed by atoms with E-state index >= 15 is 0 Å². The van der Waals surface area contributed by atoms with Crippen LogP contribution in [0.25, 0.3) is 0 Å². The van der Waals surface area contributed by atoms with Gasteiger partial charge in [0.15, 0.2) is 5.82 Å². The van der Waals surface area contributed by atoms with Crippen molar-refractivity contribution >= 4 is 23.4 Å². The van der Waals surface area contributed by atoms with Gasteiger partial charge in [0, 0.05) is 26.2 Å². The molecule has 2 aliphatic rings. The van der Waals surface area contributed by atoms with E-state index in [0.29, 0.717) is 5.02 Å². The number of halogens is 1. The minimum atomic E-state index is -0.241. The highest BCUT2D eigenvalue weighted by atomic mass is 35.5. The van der Waals surface area contributed by atoms with Crippen LogP contribution in [0.2, 0.25) is 5.02 Å². The van der Waals surface area contributed by atoms with Crippen molar-refractivity contribution < 1.29 is 9.47 Å². The summed E-state index contributed by atoms with van der Waals surface area (Å²) in [5.41, 5.74) is 0.334. The Kier molecular flexibility index (Phi) is 5.14. The topological polar surface area (TPSA) is 50.7 Å². The number of nitrogens with zero attached hydrogens (tertiary/aromatic N) is 4. The summed E-state index contributed by atoms with van der Waals surface area (Å²) >= 11 is 6.61. The molecule has 3 rings (SSSR count). The summed E-state index contributed by atoms with van der Waals surface area (Å²) in [6.07, 6.45) is 0.250. The third-order valence-electron chi connectivity index (χ3n) is 4.71. The summed E-state index contributed by atoms with van der Waals surface area (Å²) in [5.74, 6) is 1.52. The van der Waals surface area contributed by atoms with Crippen LogP contribution in [0.3, 0.4) is 0 Å². The highest BCUT2D eigenvalue weighted by Gasteiger charge is 2.36. The number of rotatable bonds is 2. The largest absolute Gasteiger partial charge is 0.369 e. The van der Waals surface area contributed by atoms with Crippen LogP contribution in [0.5, 0.6) is 0 Å². The minimum Gasteiger partial charge on any atom is -0.369 e. The molecule has 3 heterocycles. The van der Waals surface area contributed by atoms with Gasteiger partial charge in [-0.25, -0.2) is 4.98 Å². The van der Waals surface area contributed by atoms with Crippen LogP contribution in [0.4, 0.5) is 11.8 Å². The Morgan fingerprint density at radius 2 is 1.42 bits per heavy atom. The molecule has 0 aromatic carbocycles. The molecular weight excluding hydrogens is 352 g/mol. The molecule has 1 aromatic rings. The quantitative estimate of drug-likeness (QED) is 0.780. The number of morpholine rings is 2. The second-order valence-electron chi connectivity index (χ2n) is 8.88. The van der Waals surface area contributed by atoms with E-state index < -0.39 is 0 Å². The van der Waals surface area contributed by atoms with Crippen molar-refractivity contribution in [3.8, 4) is 0 Å². The van der Waals surface area contributed by atoms with Crippen LogP contribution in [-0.4, -0.2) is 59.6 Å². The summed E-state index contributed by atoms with van der Waals surface area (Å²) in [4.78, 5) is 14.0. The molecule has 26 heavy (non-hydrogen) atoms. The fraction of sp³-hybridized carbons (Fsp3) is 0.789. The monoisotopic (exact) mass is 382 g/mol. The zero-order valence-corrected chi connectivity index (χ0v) is 17.7. The molecule has 2 aliphatic heterocycles. The second kappa shape index (κ2) is 6.80. The summed E-state index contributed by atoms with van der Waals surface area (Å²) in [7, 11) is 0. The fourth-order valence-electron chi connectivity index (χ4n) is 4.10. The maximum absolute atomic E-state index is 6.61. The van der Waals surface area contributed by atoms with E-state index in [1.807, 2.05) is 6.92 Å². The van der Waals surface area contributed by atoms with Crippen molar-refractivity contribution in [2.45, 2.75) is 71.9 Å². The molecule has 0 saturated carbocycles. The summed E-state index contributed by atoms with van der Waals surface area (Å²) < 4.78 is 12.0. The molecule has 0 aliphatic carbocycles. The van der Waals surface area contributed by atoms with Gasteiger partial charge in [0.25, 0.3) is 0 Å². The van der Waals surface area contributed by atoms with Gasteiger partial charge in [0.2, 0.25) is 5.95 Å². The molecule has 0 radical (unpaired) electrons. The molecule has 7 heteroatoms. The molecule has 2 saturated heterocycles. The SMILES string of the molecule is Cc1nc(N2C[C@@H](C)OC(C)(C)C2)nc(N2C[C@H](C)OC(C)(C)C2)c1Cl. The second-order valence-corrected chi connectivity index (χ2v) is 9.26. The molecule has 2 fully saturated rings. The lowest BCUT2D eigenvalue weighted by molar-refractivity contribution is -0.0754. The van der Waals surface area contributed by atoms with Gasteiger partial charge in [-0.15, -0.1) is 0 Å². The van der Waals surface area contributed by atoms with E-state index in [1.54, 1.807) is 0 Å². The Bertz CT molecular complexity index is 680. The molecular formula is C19H31ClN4O2. The molecule has 1 aromatic heterocycles. The highest BCUT2D eigenvalue weighted by Crippen LogP contribution is 2.33. The van der Waals surface area contributed by atoms with Crippen molar-refractivity contribution in [2.24, 2.45) is 0 Å². The zero-order valence-electron chi connectivity index (χ0n) is 17.0. The van der Waals surface area contributed by atoms with E-state index in [4.69, 9.17) is 26.1 Å². The number of hydrogen-bond donors (Lipinski definition) is 0. The van der Waals surface area contributed by atoms with Crippen LogP contribution in [0.1, 0.15) is 47.2 Å². The van der Waals surface area contributed by atoms with Gasteiger partial charge >= 0.3 is 0 Å². The number of ether oxygens (including phenoxy) is 2. The standard InChI is InChI=1S/C19H31ClN4O2/c1-12-8-23(10-18(4,5)25-12)16-15(20)14(3)21-17(22-16)24-9-13(2)26-19(6,7)11-24/h12-13H,8-11H2,1-7H3/t12-,13+/m0/s1. The first-order valence-electron chi connectivity index (χ1n) is 9.35. The Hall–Kier alpha value is -1.11. The summed E-state index contributed by atoms with van der Waals surface area (Å²) in [5, 5.41) is 0.624. The van der Waals surface area contributed by atoms with E-state index in [-0.39, 0.29) is 23.4 Å². The molecule has 0 unspecified atom stereocenters. The first-order chi connectivity index (χ1) is 12.0. The van der Waals surface area contributed by atoms with E-state index in [0.717, 1.165) is 43.6 Å². The van der Waals surface area contributed by atoms with Gasteiger partial charge in [-0.2, -0.15) is 4.98 Å². The van der Waals surface area contributed by atoms with E-state index in [1.165, 1.54) is 0 Å². The smallest absolute Gasteiger partial charge is 0.227 e. The van der Waals surface area contributed by atoms with Crippen molar-refractivity contribution in [1.29, 1.82) is 0 Å². The average molecular weight is 383 g/mol. The van der Waals surface area contributed by atoms with Crippen LogP contribution in [0.15, 0.2) is 0 Å². The van der Waals surface area contributed by atoms with Gasteiger partial charge < -0.3 is 19.3 Å². The third kappa shape index (κ3) is 4.24. The molecule has 0 amide bonds. The van der Waals surface area contributed by atoms with Crippen molar-refractivity contribution in [1.82, 2.24) is 9.97 Å². The highest BCUT2D eigenvalue weighted by molar-refractivity contribution is 6.33. The van der Waals surface area contributed by atoms with Crippen molar-refractivity contribution in [2.75, 3.05) is 36.0 Å². The Labute approximate surface area is 161 Å². The summed E-state index contributed by atoms with van der Waals surface area (Å²) in [6, 6.07) is 0. The average Bonchev–Trinajstić information content (AvgIpc) is 2.45. The van der Waals surface area contributed by atoms with Gasteiger partial charge in [-0.3, -0.25) is 0 Å². The van der Waals surface area contributed by atoms with Gasteiger partial charge in [-0.1, -0.05) is 11.6 Å². The van der Waals surface area contributed by atoms with Crippen LogP contribution < -0.4 is 9.80 Å².